The minimum atomic E-state index is -1.37. The molecule has 0 radical (unpaired) electrons. The number of allylic oxidation sites excluding steroid dienone is 1. The lowest BCUT2D eigenvalue weighted by Gasteiger charge is -2.60. The molecular weight excluding hydrogens is 408 g/mol. The van der Waals surface area contributed by atoms with E-state index in [1.165, 1.54) is 5.57 Å². The van der Waals surface area contributed by atoms with Gasteiger partial charge in [0.05, 0.1) is 6.10 Å². The van der Waals surface area contributed by atoms with E-state index in [0.29, 0.717) is 25.7 Å². The lowest BCUT2D eigenvalue weighted by atomic mass is 9.45. The lowest BCUT2D eigenvalue weighted by molar-refractivity contribution is -0.202. The monoisotopic (exact) mass is 446 g/mol. The summed E-state index contributed by atoms with van der Waals surface area (Å²) in [6.07, 6.45) is 7.44. The summed E-state index contributed by atoms with van der Waals surface area (Å²) in [6, 6.07) is 0. The van der Waals surface area contributed by atoms with Crippen LogP contribution in [0.15, 0.2) is 11.6 Å². The summed E-state index contributed by atoms with van der Waals surface area (Å²) in [4.78, 5) is 37.9. The van der Waals surface area contributed by atoms with Crippen LogP contribution < -0.4 is 0 Å². The number of carbonyl (C=O) groups is 3. The fourth-order valence-corrected chi connectivity index (χ4v) is 8.05. The predicted octanol–water partition coefficient (Wildman–Crippen LogP) is 3.52. The number of ether oxygens (including phenoxy) is 1. The van der Waals surface area contributed by atoms with Crippen molar-refractivity contribution in [2.24, 2.45) is 28.6 Å². The van der Waals surface area contributed by atoms with Crippen LogP contribution in [0.2, 0.25) is 0 Å². The van der Waals surface area contributed by atoms with Crippen molar-refractivity contribution in [2.75, 3.05) is 6.61 Å². The van der Waals surface area contributed by atoms with E-state index in [1.54, 1.807) is 0 Å². The van der Waals surface area contributed by atoms with E-state index in [0.717, 1.165) is 32.1 Å². The van der Waals surface area contributed by atoms with E-state index in [4.69, 9.17) is 4.74 Å². The summed E-state index contributed by atoms with van der Waals surface area (Å²) in [5.41, 5.74) is -1.12. The molecule has 4 aliphatic rings. The summed E-state index contributed by atoms with van der Waals surface area (Å²) in [5.74, 6) is -0.297. The van der Waals surface area contributed by atoms with Crippen LogP contribution in [0, 0.1) is 28.6 Å². The number of Topliss-reactive ketones (excluding diaryl/α,β-unsaturated/α-hetero) is 1. The minimum Gasteiger partial charge on any atom is -0.450 e. The molecule has 3 saturated carbocycles. The quantitative estimate of drug-likeness (QED) is 0.606. The highest BCUT2D eigenvalue weighted by Gasteiger charge is 2.70. The number of unbranched alkanes of at least 4 members (excludes halogenated alkanes) is 1. The number of aliphatic hydroxyl groups excluding tert-OH is 2. The van der Waals surface area contributed by atoms with Crippen molar-refractivity contribution < 1.29 is 29.3 Å². The zero-order chi connectivity index (χ0) is 23.3. The van der Waals surface area contributed by atoms with E-state index < -0.39 is 35.5 Å². The smallest absolute Gasteiger partial charge is 0.306 e. The Bertz CT molecular complexity index is 832. The van der Waals surface area contributed by atoms with Crippen molar-refractivity contribution >= 4 is 17.5 Å². The van der Waals surface area contributed by atoms with Gasteiger partial charge in [-0.15, -0.1) is 0 Å². The van der Waals surface area contributed by atoms with Crippen LogP contribution in [0.25, 0.3) is 0 Å². The van der Waals surface area contributed by atoms with Gasteiger partial charge in [0.1, 0.15) is 6.61 Å². The van der Waals surface area contributed by atoms with Crippen LogP contribution >= 0.6 is 0 Å². The van der Waals surface area contributed by atoms with Gasteiger partial charge in [0, 0.05) is 18.3 Å². The molecule has 0 unspecified atom stereocenters. The van der Waals surface area contributed by atoms with Crippen LogP contribution in [0.5, 0.6) is 0 Å². The van der Waals surface area contributed by atoms with Crippen molar-refractivity contribution in [3.8, 4) is 0 Å². The molecule has 0 aromatic rings. The highest BCUT2D eigenvalue weighted by Crippen LogP contribution is 2.68. The molecule has 0 amide bonds. The molecule has 7 atom stereocenters. The molecular formula is C26H38O6. The molecule has 0 aliphatic heterocycles. The second kappa shape index (κ2) is 8.35. The first-order chi connectivity index (χ1) is 15.1. The molecule has 3 fully saturated rings. The Morgan fingerprint density at radius 2 is 1.94 bits per heavy atom. The van der Waals surface area contributed by atoms with Gasteiger partial charge in [0.15, 0.2) is 11.4 Å². The summed E-state index contributed by atoms with van der Waals surface area (Å²) in [6.45, 7) is 5.51. The molecule has 6 heteroatoms. The molecule has 2 N–H and O–H groups in total. The van der Waals surface area contributed by atoms with Crippen LogP contribution in [-0.2, 0) is 19.1 Å². The Labute approximate surface area is 190 Å². The minimum absolute atomic E-state index is 0.0319. The normalized spacial score (nSPS) is 43.0. The maximum atomic E-state index is 13.1. The number of ketones is 2. The molecule has 4 rings (SSSR count). The van der Waals surface area contributed by atoms with Gasteiger partial charge in [-0.2, -0.15) is 0 Å². The first-order valence-corrected chi connectivity index (χ1v) is 12.4. The summed E-state index contributed by atoms with van der Waals surface area (Å²) in [7, 11) is 0. The standard InChI is InChI=1S/C26H38O6/c1-4-5-6-22(31)32-26(21(30)15-27)12-10-19-18-8-7-16-13-17(28)9-11-24(16,2)23(18)20(29)14-25(19,26)3/h13,18-20,23,27,29H,4-12,14-15H2,1-3H3/t18-,19+,20+,23+,24+,25+,26-/m0/s1. The van der Waals surface area contributed by atoms with Crippen molar-refractivity contribution in [3.63, 3.8) is 0 Å². The molecule has 0 spiro atoms. The zero-order valence-corrected chi connectivity index (χ0v) is 19.7. The van der Waals surface area contributed by atoms with Gasteiger partial charge < -0.3 is 14.9 Å². The maximum absolute atomic E-state index is 13.1. The van der Waals surface area contributed by atoms with E-state index in [2.05, 4.69) is 6.92 Å². The highest BCUT2D eigenvalue weighted by atomic mass is 16.6. The van der Waals surface area contributed by atoms with Gasteiger partial charge >= 0.3 is 5.97 Å². The zero-order valence-electron chi connectivity index (χ0n) is 19.7. The second-order valence-electron chi connectivity index (χ2n) is 11.1. The molecule has 0 aromatic carbocycles. The molecule has 178 valence electrons. The van der Waals surface area contributed by atoms with Crippen LogP contribution in [0.4, 0.5) is 0 Å². The molecule has 4 aliphatic carbocycles. The number of esters is 1. The Balaban J connectivity index is 1.70. The summed E-state index contributed by atoms with van der Waals surface area (Å²) < 4.78 is 5.98. The van der Waals surface area contributed by atoms with E-state index >= 15 is 0 Å². The molecule has 0 bridgehead atoms. The lowest BCUT2D eigenvalue weighted by Crippen LogP contribution is -2.63. The average molecular weight is 447 g/mol. The molecule has 0 saturated heterocycles. The van der Waals surface area contributed by atoms with Gasteiger partial charge in [0.25, 0.3) is 0 Å². The topological polar surface area (TPSA) is 101 Å². The maximum Gasteiger partial charge on any atom is 0.306 e. The van der Waals surface area contributed by atoms with Gasteiger partial charge in [0.2, 0.25) is 5.78 Å². The Morgan fingerprint density at radius 1 is 1.19 bits per heavy atom. The highest BCUT2D eigenvalue weighted by molar-refractivity contribution is 5.92. The Kier molecular flexibility index (Phi) is 6.17. The largest absolute Gasteiger partial charge is 0.450 e. The van der Waals surface area contributed by atoms with Crippen molar-refractivity contribution in [1.82, 2.24) is 0 Å². The molecule has 32 heavy (non-hydrogen) atoms. The predicted molar refractivity (Wildman–Crippen MR) is 119 cm³/mol. The molecule has 0 heterocycles. The fraction of sp³-hybridized carbons (Fsp3) is 0.808. The van der Waals surface area contributed by atoms with Gasteiger partial charge in [-0.25, -0.2) is 0 Å². The first-order valence-electron chi connectivity index (χ1n) is 12.4. The molecule has 0 aromatic heterocycles. The van der Waals surface area contributed by atoms with Gasteiger partial charge in [-0.05, 0) is 74.2 Å². The van der Waals surface area contributed by atoms with E-state index in [-0.39, 0.29) is 35.4 Å². The number of fused-ring (bicyclic) bond motifs is 5. The van der Waals surface area contributed by atoms with Gasteiger partial charge in [-0.3, -0.25) is 14.4 Å². The van der Waals surface area contributed by atoms with E-state index in [1.807, 2.05) is 19.9 Å². The number of carbonyl (C=O) groups excluding carboxylic acids is 3. The van der Waals surface area contributed by atoms with Crippen molar-refractivity contribution in [1.29, 1.82) is 0 Å². The fourth-order valence-electron chi connectivity index (χ4n) is 8.05. The first kappa shape index (κ1) is 23.6. The molecule has 6 nitrogen and oxygen atoms in total. The Morgan fingerprint density at radius 3 is 2.62 bits per heavy atom. The van der Waals surface area contributed by atoms with Crippen molar-refractivity contribution in [2.45, 2.75) is 96.7 Å². The van der Waals surface area contributed by atoms with Crippen LogP contribution in [-0.4, -0.2) is 46.1 Å². The van der Waals surface area contributed by atoms with Gasteiger partial charge in [-0.1, -0.05) is 32.8 Å². The second-order valence-corrected chi connectivity index (χ2v) is 11.1. The third kappa shape index (κ3) is 3.32. The van der Waals surface area contributed by atoms with Crippen LogP contribution in [0.1, 0.15) is 85.0 Å². The summed E-state index contributed by atoms with van der Waals surface area (Å²) >= 11 is 0. The number of hydrogen-bond donors (Lipinski definition) is 2. The summed E-state index contributed by atoms with van der Waals surface area (Å²) in [5, 5.41) is 21.4. The van der Waals surface area contributed by atoms with Crippen LogP contribution in [0.3, 0.4) is 0 Å². The number of aliphatic hydroxyl groups is 2. The number of hydrogen-bond acceptors (Lipinski definition) is 6. The average Bonchev–Trinajstić information content (AvgIpc) is 3.04. The third-order valence-electron chi connectivity index (χ3n) is 9.63. The van der Waals surface area contributed by atoms with E-state index in [9.17, 15) is 24.6 Å². The SMILES string of the molecule is CCCCC(=O)O[C@]1(C(=O)CO)CC[C@@H]2[C@@H]3CCC4=CC(=O)CC[C@@]4(C)[C@H]3[C@H](O)C[C@]21C. The third-order valence-corrected chi connectivity index (χ3v) is 9.63. The van der Waals surface area contributed by atoms with Crippen molar-refractivity contribution in [3.05, 3.63) is 11.6 Å². The Hall–Kier alpha value is -1.53. The number of rotatable bonds is 6.